The van der Waals surface area contributed by atoms with Gasteiger partial charge in [-0.25, -0.2) is 8.78 Å². The first-order chi connectivity index (χ1) is 7.00. The fourth-order valence-electron chi connectivity index (χ4n) is 0.885. The van der Waals surface area contributed by atoms with Crippen molar-refractivity contribution in [1.29, 1.82) is 0 Å². The Labute approximate surface area is 86.6 Å². The topological polar surface area (TPSA) is 0 Å². The molecule has 0 amide bonds. The fourth-order valence-corrected chi connectivity index (χ4v) is 0.885. The minimum atomic E-state index is -6.08. The first-order valence-corrected chi connectivity index (χ1v) is 4.21. The van der Waals surface area contributed by atoms with Gasteiger partial charge in [0.2, 0.25) is 0 Å². The molecule has 0 N–H and O–H groups in total. The largest absolute Gasteiger partial charge is 0.377 e. The van der Waals surface area contributed by atoms with Crippen LogP contribution in [0.2, 0.25) is 0 Å². The van der Waals surface area contributed by atoms with Gasteiger partial charge >= 0.3 is 24.2 Å². The highest BCUT2D eigenvalue weighted by Crippen LogP contribution is 2.50. The molecule has 1 radical (unpaired) electrons. The Balaban J connectivity index is 5.01. The van der Waals surface area contributed by atoms with Crippen molar-refractivity contribution in [3.05, 3.63) is 6.92 Å². The molecule has 0 saturated heterocycles. The average molecular weight is 257 g/mol. The van der Waals surface area contributed by atoms with Gasteiger partial charge < -0.3 is 0 Å². The lowest BCUT2D eigenvalue weighted by molar-refractivity contribution is -0.339. The quantitative estimate of drug-likeness (QED) is 0.627. The molecule has 0 atom stereocenters. The van der Waals surface area contributed by atoms with Gasteiger partial charge in [0.25, 0.3) is 0 Å². The maximum Gasteiger partial charge on any atom is 0.377 e. The summed E-state index contributed by atoms with van der Waals surface area (Å²) in [5, 5.41) is 0. The first-order valence-electron chi connectivity index (χ1n) is 4.21. The van der Waals surface area contributed by atoms with Gasteiger partial charge in [0.15, 0.2) is 0 Å². The van der Waals surface area contributed by atoms with E-state index in [4.69, 9.17) is 0 Å². The standard InChI is InChI=1S/C8H9F8/c1-2-3-4-6(11,12)8(15,16)7(13,14)5(9)10/h5H,1-4H2. The van der Waals surface area contributed by atoms with Crippen LogP contribution >= 0.6 is 0 Å². The molecule has 97 valence electrons. The Bertz CT molecular complexity index is 222. The zero-order chi connectivity index (χ0) is 13.2. The second kappa shape index (κ2) is 4.75. The Kier molecular flexibility index (Phi) is 4.58. The lowest BCUT2D eigenvalue weighted by Gasteiger charge is -2.32. The van der Waals surface area contributed by atoms with Crippen molar-refractivity contribution in [2.24, 2.45) is 0 Å². The molecule has 0 bridgehead atoms. The van der Waals surface area contributed by atoms with E-state index in [1.54, 1.807) is 0 Å². The SMILES string of the molecule is [CH2]CCCC(F)(F)C(F)(F)C(F)(F)C(F)F. The van der Waals surface area contributed by atoms with Crippen LogP contribution in [0, 0.1) is 6.92 Å². The predicted octanol–water partition coefficient (Wildman–Crippen LogP) is 4.16. The van der Waals surface area contributed by atoms with Crippen LogP contribution in [0.15, 0.2) is 0 Å². The normalized spacial score (nSPS) is 14.6. The van der Waals surface area contributed by atoms with Crippen molar-refractivity contribution in [2.45, 2.75) is 43.5 Å². The summed E-state index contributed by atoms with van der Waals surface area (Å²) >= 11 is 0. The van der Waals surface area contributed by atoms with Crippen LogP contribution < -0.4 is 0 Å². The Morgan fingerprint density at radius 3 is 1.69 bits per heavy atom. The summed E-state index contributed by atoms with van der Waals surface area (Å²) < 4.78 is 98.1. The van der Waals surface area contributed by atoms with Crippen LogP contribution in [-0.2, 0) is 0 Å². The van der Waals surface area contributed by atoms with Crippen LogP contribution in [-0.4, -0.2) is 24.2 Å². The third kappa shape index (κ3) is 2.57. The third-order valence-electron chi connectivity index (χ3n) is 1.89. The first kappa shape index (κ1) is 15.4. The second-order valence-corrected chi connectivity index (χ2v) is 3.16. The molecule has 16 heavy (non-hydrogen) atoms. The van der Waals surface area contributed by atoms with Gasteiger partial charge in [0.1, 0.15) is 0 Å². The average Bonchev–Trinajstić information content (AvgIpc) is 2.13. The van der Waals surface area contributed by atoms with E-state index < -0.39 is 37.0 Å². The lowest BCUT2D eigenvalue weighted by atomic mass is 10.00. The molecule has 0 unspecified atom stereocenters. The molecule has 0 heterocycles. The summed E-state index contributed by atoms with van der Waals surface area (Å²) in [6, 6.07) is 0. The van der Waals surface area contributed by atoms with Crippen molar-refractivity contribution < 1.29 is 35.1 Å². The van der Waals surface area contributed by atoms with Crippen molar-refractivity contribution in [3.8, 4) is 0 Å². The molecule has 0 fully saturated rings. The molecule has 0 nitrogen and oxygen atoms in total. The van der Waals surface area contributed by atoms with E-state index in [2.05, 4.69) is 6.92 Å². The number of hydrogen-bond donors (Lipinski definition) is 0. The van der Waals surface area contributed by atoms with Gasteiger partial charge in [0, 0.05) is 6.42 Å². The minimum absolute atomic E-state index is 0.189. The minimum Gasteiger partial charge on any atom is -0.203 e. The van der Waals surface area contributed by atoms with Crippen LogP contribution in [0.1, 0.15) is 19.3 Å². The number of rotatable bonds is 6. The summed E-state index contributed by atoms with van der Waals surface area (Å²) in [4.78, 5) is 0. The van der Waals surface area contributed by atoms with Crippen molar-refractivity contribution >= 4 is 0 Å². The van der Waals surface area contributed by atoms with Crippen LogP contribution in [0.5, 0.6) is 0 Å². The van der Waals surface area contributed by atoms with E-state index in [0.717, 1.165) is 0 Å². The summed E-state index contributed by atoms with van der Waals surface area (Å²) in [5.74, 6) is -17.3. The predicted molar refractivity (Wildman–Crippen MR) is 40.1 cm³/mol. The summed E-state index contributed by atoms with van der Waals surface area (Å²) in [5.41, 5.74) is 0. The van der Waals surface area contributed by atoms with Crippen LogP contribution in [0.4, 0.5) is 35.1 Å². The van der Waals surface area contributed by atoms with E-state index in [9.17, 15) is 35.1 Å². The van der Waals surface area contributed by atoms with E-state index in [1.165, 1.54) is 0 Å². The zero-order valence-corrected chi connectivity index (χ0v) is 7.93. The maximum atomic E-state index is 12.7. The molecule has 0 aromatic rings. The number of halogens is 8. The number of hydrogen-bond acceptors (Lipinski definition) is 0. The van der Waals surface area contributed by atoms with Gasteiger partial charge in [-0.3, -0.25) is 0 Å². The van der Waals surface area contributed by atoms with Crippen molar-refractivity contribution in [1.82, 2.24) is 0 Å². The molecule has 0 aromatic carbocycles. The number of alkyl halides is 8. The molecule has 0 aromatic heterocycles. The molecule has 0 aliphatic rings. The number of unbranched alkanes of at least 4 members (excludes halogenated alkanes) is 1. The highest BCUT2D eigenvalue weighted by Gasteiger charge is 2.74. The van der Waals surface area contributed by atoms with Gasteiger partial charge in [-0.15, -0.1) is 0 Å². The summed E-state index contributed by atoms with van der Waals surface area (Å²) in [7, 11) is 0. The van der Waals surface area contributed by atoms with Gasteiger partial charge in [0.05, 0.1) is 0 Å². The fraction of sp³-hybridized carbons (Fsp3) is 0.875. The highest BCUT2D eigenvalue weighted by atomic mass is 19.4. The van der Waals surface area contributed by atoms with Crippen LogP contribution in [0.25, 0.3) is 0 Å². The molecule has 0 aliphatic carbocycles. The van der Waals surface area contributed by atoms with E-state index in [1.807, 2.05) is 0 Å². The van der Waals surface area contributed by atoms with E-state index >= 15 is 0 Å². The molecule has 0 rings (SSSR count). The monoisotopic (exact) mass is 257 g/mol. The van der Waals surface area contributed by atoms with E-state index in [-0.39, 0.29) is 6.42 Å². The lowest BCUT2D eigenvalue weighted by Crippen LogP contribution is -2.57. The van der Waals surface area contributed by atoms with Crippen molar-refractivity contribution in [3.63, 3.8) is 0 Å². The third-order valence-corrected chi connectivity index (χ3v) is 1.89. The van der Waals surface area contributed by atoms with Gasteiger partial charge in [-0.2, -0.15) is 26.3 Å². The Morgan fingerprint density at radius 1 is 0.938 bits per heavy atom. The summed E-state index contributed by atoms with van der Waals surface area (Å²) in [6.45, 7) is 3.05. The second-order valence-electron chi connectivity index (χ2n) is 3.16. The Hall–Kier alpha value is -0.560. The van der Waals surface area contributed by atoms with Gasteiger partial charge in [-0.05, 0) is 6.42 Å². The molecule has 0 saturated carbocycles. The maximum absolute atomic E-state index is 12.7. The molecule has 0 spiro atoms. The van der Waals surface area contributed by atoms with Crippen LogP contribution in [0.3, 0.4) is 0 Å². The smallest absolute Gasteiger partial charge is 0.203 e. The molecule has 0 aliphatic heterocycles. The zero-order valence-electron chi connectivity index (χ0n) is 7.93. The Morgan fingerprint density at radius 2 is 1.38 bits per heavy atom. The molecular weight excluding hydrogens is 248 g/mol. The highest BCUT2D eigenvalue weighted by molar-refractivity contribution is 4.97. The molecular formula is C8H9F8. The van der Waals surface area contributed by atoms with E-state index in [0.29, 0.717) is 0 Å². The molecule has 8 heteroatoms. The van der Waals surface area contributed by atoms with Gasteiger partial charge in [-0.1, -0.05) is 13.3 Å². The summed E-state index contributed by atoms with van der Waals surface area (Å²) in [6.07, 6.45) is -7.23. The van der Waals surface area contributed by atoms with Crippen molar-refractivity contribution in [2.75, 3.05) is 0 Å².